The van der Waals surface area contributed by atoms with Gasteiger partial charge in [-0.15, -0.1) is 20.4 Å². The summed E-state index contributed by atoms with van der Waals surface area (Å²) in [6.45, 7) is 4.58. The number of piperidine rings is 2. The quantitative estimate of drug-likeness (QED) is 0.0978. The van der Waals surface area contributed by atoms with Crippen molar-refractivity contribution in [3.8, 4) is 23.3 Å². The lowest BCUT2D eigenvalue weighted by Crippen LogP contribution is -2.48. The van der Waals surface area contributed by atoms with Crippen LogP contribution in [-0.4, -0.2) is 102 Å². The molecule has 0 spiro atoms. The maximum absolute atomic E-state index is 14.1. The first-order valence-electron chi connectivity index (χ1n) is 23.3. The van der Waals surface area contributed by atoms with E-state index < -0.39 is 47.1 Å². The average molecular weight is 975 g/mol. The smallest absolute Gasteiger partial charge is 0.242 e. The van der Waals surface area contributed by atoms with E-state index in [1.54, 1.807) is 36.0 Å². The summed E-state index contributed by atoms with van der Waals surface area (Å²) in [6, 6.07) is 8.14. The number of hydrogen-bond acceptors (Lipinski definition) is 16. The fourth-order valence-electron chi connectivity index (χ4n) is 11.0. The number of ether oxygens (including phenoxy) is 4. The van der Waals surface area contributed by atoms with Gasteiger partial charge in [0.2, 0.25) is 35.3 Å². The first kappa shape index (κ1) is 45.3. The van der Waals surface area contributed by atoms with Crippen molar-refractivity contribution in [2.75, 3.05) is 60.8 Å². The van der Waals surface area contributed by atoms with Crippen LogP contribution >= 0.6 is 0 Å². The van der Waals surface area contributed by atoms with Gasteiger partial charge < -0.3 is 39.4 Å². The van der Waals surface area contributed by atoms with Crippen molar-refractivity contribution in [2.24, 2.45) is 23.7 Å². The highest BCUT2D eigenvalue weighted by molar-refractivity contribution is 5.49. The van der Waals surface area contributed by atoms with Gasteiger partial charge in [0.1, 0.15) is 0 Å². The van der Waals surface area contributed by atoms with Crippen LogP contribution in [0.2, 0.25) is 0 Å². The normalized spacial score (nSPS) is 25.0. The minimum Gasteiger partial charge on any atom is -0.480 e. The van der Waals surface area contributed by atoms with Crippen molar-refractivity contribution >= 4 is 23.3 Å². The topological polar surface area (TPSA) is 180 Å². The maximum Gasteiger partial charge on any atom is 0.242 e. The second-order valence-electron chi connectivity index (χ2n) is 18.4. The summed E-state index contributed by atoms with van der Waals surface area (Å²) in [5, 5.41) is 32.1. The van der Waals surface area contributed by atoms with Gasteiger partial charge in [0, 0.05) is 76.3 Å². The van der Waals surface area contributed by atoms with Gasteiger partial charge in [-0.05, 0) is 73.6 Å². The Labute approximate surface area is 396 Å². The highest BCUT2D eigenvalue weighted by Crippen LogP contribution is 2.43. The third kappa shape index (κ3) is 8.64. The van der Waals surface area contributed by atoms with Gasteiger partial charge >= 0.3 is 0 Å². The zero-order valence-electron chi connectivity index (χ0n) is 38.0. The number of aryl methyl sites for hydroxylation is 2. The predicted molar refractivity (Wildman–Crippen MR) is 237 cm³/mol. The highest BCUT2D eigenvalue weighted by Gasteiger charge is 2.45. The molecule has 4 aliphatic heterocycles. The van der Waals surface area contributed by atoms with Crippen LogP contribution in [0.5, 0.6) is 23.3 Å². The zero-order valence-corrected chi connectivity index (χ0v) is 38.0. The molecule has 0 amide bonds. The molecule has 4 bridgehead atoms. The third-order valence-electron chi connectivity index (χ3n) is 14.4. The Balaban J connectivity index is 0.000000152. The number of rotatable bonds is 12. The molecular weight excluding hydrogens is 927 g/mol. The van der Waals surface area contributed by atoms with E-state index in [1.807, 2.05) is 12.1 Å². The molecule has 2 saturated heterocycles. The number of fused-ring (bicyclic) bond motifs is 6. The molecule has 70 heavy (non-hydrogen) atoms. The van der Waals surface area contributed by atoms with Crippen LogP contribution in [0.25, 0.3) is 0 Å². The molecule has 8 atom stereocenters. The van der Waals surface area contributed by atoms with E-state index in [9.17, 15) is 26.3 Å². The Hall–Kier alpha value is -7.14. The van der Waals surface area contributed by atoms with Gasteiger partial charge in [0.15, 0.2) is 58.6 Å². The number of hydrogen-bond donors (Lipinski definition) is 2. The monoisotopic (exact) mass is 974 g/mol. The molecule has 2 aliphatic carbocycles. The molecule has 12 rings (SSSR count). The van der Waals surface area contributed by atoms with Crippen LogP contribution < -0.4 is 39.4 Å². The summed E-state index contributed by atoms with van der Waals surface area (Å²) in [5.74, 6) is -4.26. The van der Waals surface area contributed by atoms with E-state index in [1.165, 1.54) is 0 Å². The molecule has 18 nitrogen and oxygen atoms in total. The first-order chi connectivity index (χ1) is 34.0. The summed E-state index contributed by atoms with van der Waals surface area (Å²) in [5.41, 5.74) is 1.99. The molecule has 6 aromatic rings. The van der Waals surface area contributed by atoms with Gasteiger partial charge in [0.25, 0.3) is 0 Å². The number of nitrogens with one attached hydrogen (secondary N) is 2. The second-order valence-corrected chi connectivity index (χ2v) is 18.4. The third-order valence-corrected chi connectivity index (χ3v) is 14.4. The predicted octanol–water partition coefficient (Wildman–Crippen LogP) is 6.69. The number of aromatic nitrogens is 10. The molecule has 2 aromatic carbocycles. The van der Waals surface area contributed by atoms with E-state index in [4.69, 9.17) is 18.9 Å². The lowest BCUT2D eigenvalue weighted by Gasteiger charge is -2.39. The Kier molecular flexibility index (Phi) is 12.1. The van der Waals surface area contributed by atoms with Crippen molar-refractivity contribution in [1.82, 2.24) is 49.9 Å². The molecule has 8 heterocycles. The maximum atomic E-state index is 14.1. The lowest BCUT2D eigenvalue weighted by atomic mass is 9.92. The van der Waals surface area contributed by atoms with Crippen molar-refractivity contribution in [3.63, 3.8) is 0 Å². The van der Waals surface area contributed by atoms with Crippen LogP contribution in [-0.2, 0) is 13.1 Å². The van der Waals surface area contributed by atoms with E-state index in [0.29, 0.717) is 84.9 Å². The summed E-state index contributed by atoms with van der Waals surface area (Å²) < 4.78 is 107. The second kappa shape index (κ2) is 18.6. The van der Waals surface area contributed by atoms with E-state index in [-0.39, 0.29) is 23.6 Å². The van der Waals surface area contributed by atoms with Gasteiger partial charge in [0.05, 0.1) is 38.0 Å². The fourth-order valence-corrected chi connectivity index (χ4v) is 11.0. The van der Waals surface area contributed by atoms with Crippen LogP contribution in [0.15, 0.2) is 48.8 Å². The molecule has 2 unspecified atom stereocenters. The van der Waals surface area contributed by atoms with Crippen LogP contribution in [0.1, 0.15) is 62.4 Å². The van der Waals surface area contributed by atoms with Crippen molar-refractivity contribution < 1.29 is 45.3 Å². The number of methoxy groups -OCH3 is 2. The van der Waals surface area contributed by atoms with Crippen LogP contribution in [0.4, 0.5) is 49.6 Å². The van der Waals surface area contributed by atoms with E-state index in [0.717, 1.165) is 87.5 Å². The summed E-state index contributed by atoms with van der Waals surface area (Å²) >= 11 is 0. The molecule has 6 aliphatic rings. The lowest BCUT2D eigenvalue weighted by molar-refractivity contribution is 0.190. The molecular formula is C46H48F6N14O4. The standard InChI is InChI=1S/2C23H24F3N7O2/c2*1-34-18-8-14(9-27-30-18)32-10-12-2-3-13(11-32)21(12)28-23-29-22-17(6-7-33(22)31-23)35-16-5-4-15(24)19(25)20(16)26/h2*4-5,8-9,12-13,17,21H,2-3,6-7,10-11H2,1H3,(H,28,31)/t2*12-,13+,17-,21?/m10/s1. The first-order valence-corrected chi connectivity index (χ1v) is 23.3. The van der Waals surface area contributed by atoms with Crippen LogP contribution in [0, 0.1) is 58.6 Å². The Morgan fingerprint density at radius 1 is 0.529 bits per heavy atom. The summed E-state index contributed by atoms with van der Waals surface area (Å²) in [4.78, 5) is 13.8. The molecule has 0 radical (unpaired) electrons. The van der Waals surface area contributed by atoms with Crippen molar-refractivity contribution in [2.45, 2.75) is 75.9 Å². The zero-order chi connectivity index (χ0) is 48.2. The molecule has 368 valence electrons. The van der Waals surface area contributed by atoms with Gasteiger partial charge in [-0.2, -0.15) is 28.9 Å². The summed E-state index contributed by atoms with van der Waals surface area (Å²) in [7, 11) is 3.15. The fraction of sp³-hybridized carbons (Fsp3) is 0.478. The largest absolute Gasteiger partial charge is 0.480 e. The Bertz CT molecular complexity index is 2670. The average Bonchev–Trinajstić information content (AvgIpc) is 4.22. The van der Waals surface area contributed by atoms with Gasteiger partial charge in [-0.1, -0.05) is 0 Å². The molecule has 2 N–H and O–H groups in total. The Morgan fingerprint density at radius 2 is 0.929 bits per heavy atom. The number of anilines is 4. The van der Waals surface area contributed by atoms with Crippen molar-refractivity contribution in [1.29, 1.82) is 0 Å². The minimum absolute atomic E-state index is 0.231. The van der Waals surface area contributed by atoms with Gasteiger partial charge in [-0.25, -0.2) is 26.9 Å². The van der Waals surface area contributed by atoms with Crippen LogP contribution in [0.3, 0.4) is 0 Å². The van der Waals surface area contributed by atoms with E-state index >= 15 is 0 Å². The molecule has 24 heteroatoms. The SMILES string of the molecule is COc1cc(N2C[C@H]3CC[C@@H](C2)C3Nc2nc3n(n2)CC[C@@H]3Oc2ccc(F)c(F)c2F)cnn1.COc1cc(N2C[C@H]3CC[C@@H](C2)C3Nc2nc3n(n2)CC[C@H]3Oc2ccc(F)c(F)c2F)cnn1. The number of halogens is 6. The van der Waals surface area contributed by atoms with Crippen molar-refractivity contribution in [3.05, 3.63) is 95.3 Å². The minimum atomic E-state index is -1.55. The molecule has 2 saturated carbocycles. The Morgan fingerprint density at radius 3 is 1.31 bits per heavy atom. The molecule has 4 fully saturated rings. The number of nitrogens with zero attached hydrogens (tertiary/aromatic N) is 12. The number of benzene rings is 2. The van der Waals surface area contributed by atoms with E-state index in [2.05, 4.69) is 61.0 Å². The molecule has 4 aromatic heterocycles. The summed E-state index contributed by atoms with van der Waals surface area (Å²) in [6.07, 6.45) is 7.76. The highest BCUT2D eigenvalue weighted by atomic mass is 19.2. The van der Waals surface area contributed by atoms with Gasteiger partial charge in [-0.3, -0.25) is 0 Å².